The van der Waals surface area contributed by atoms with Gasteiger partial charge in [0.05, 0.1) is 6.54 Å². The molecule has 17 heavy (non-hydrogen) atoms. The highest BCUT2D eigenvalue weighted by Crippen LogP contribution is 2.37. The lowest BCUT2D eigenvalue weighted by atomic mass is 10.4. The highest BCUT2D eigenvalue weighted by molar-refractivity contribution is 5.90. The highest BCUT2D eigenvalue weighted by atomic mass is 16.2. The van der Waals surface area contributed by atoms with Crippen LogP contribution in [0.5, 0.6) is 0 Å². The summed E-state index contributed by atoms with van der Waals surface area (Å²) in [6.45, 7) is 0.346. The molecular weight excluding hydrogens is 220 g/mol. The van der Waals surface area contributed by atoms with Crippen molar-refractivity contribution in [3.8, 4) is 0 Å². The second-order valence-corrected chi connectivity index (χ2v) is 4.04. The Kier molecular flexibility index (Phi) is 2.36. The average Bonchev–Trinajstić information content (AvgIpc) is 2.88. The van der Waals surface area contributed by atoms with Crippen molar-refractivity contribution in [2.75, 3.05) is 0 Å². The second kappa shape index (κ2) is 4.00. The zero-order valence-corrected chi connectivity index (χ0v) is 9.10. The Morgan fingerprint density at radius 3 is 3.12 bits per heavy atom. The third-order valence-electron chi connectivity index (χ3n) is 2.64. The fourth-order valence-corrected chi connectivity index (χ4v) is 1.55. The van der Waals surface area contributed by atoms with Gasteiger partial charge in [0, 0.05) is 18.3 Å². The second-order valence-electron chi connectivity index (χ2n) is 4.04. The van der Waals surface area contributed by atoms with E-state index in [9.17, 15) is 4.79 Å². The zero-order valence-electron chi connectivity index (χ0n) is 9.10. The molecule has 3 N–H and O–H groups in total. The number of imidazole rings is 1. The summed E-state index contributed by atoms with van der Waals surface area (Å²) in [5.41, 5.74) is 0. The Hall–Kier alpha value is -2.18. The summed E-state index contributed by atoms with van der Waals surface area (Å²) in [7, 11) is 0. The number of nitrogens with zero attached hydrogens (tertiary/aromatic N) is 3. The quantitative estimate of drug-likeness (QED) is 0.707. The van der Waals surface area contributed by atoms with Crippen LogP contribution < -0.4 is 5.32 Å². The minimum absolute atomic E-state index is 0.193. The summed E-state index contributed by atoms with van der Waals surface area (Å²) < 4.78 is 0. The molecule has 7 nitrogen and oxygen atoms in total. The predicted octanol–water partition coefficient (Wildman–Crippen LogP) is 0.335. The Balaban J connectivity index is 1.60. The largest absolute Gasteiger partial charge is 0.347 e. The number of carbonyl (C=O) groups is 1. The van der Waals surface area contributed by atoms with Gasteiger partial charge in [-0.2, -0.15) is 0 Å². The number of carbonyl (C=O) groups excluding carboxylic acids is 1. The summed E-state index contributed by atoms with van der Waals surface area (Å²) >= 11 is 0. The first-order valence-corrected chi connectivity index (χ1v) is 5.51. The monoisotopic (exact) mass is 232 g/mol. The average molecular weight is 232 g/mol. The van der Waals surface area contributed by atoms with Crippen LogP contribution in [0.1, 0.15) is 41.0 Å². The van der Waals surface area contributed by atoms with Gasteiger partial charge in [0.25, 0.3) is 5.91 Å². The van der Waals surface area contributed by atoms with Gasteiger partial charge in [-0.25, -0.2) is 9.97 Å². The van der Waals surface area contributed by atoms with Gasteiger partial charge in [0.2, 0.25) is 5.82 Å². The van der Waals surface area contributed by atoms with Crippen molar-refractivity contribution in [1.82, 2.24) is 30.5 Å². The molecule has 1 saturated carbocycles. The van der Waals surface area contributed by atoms with Crippen LogP contribution in [0.4, 0.5) is 0 Å². The van der Waals surface area contributed by atoms with E-state index in [2.05, 4.69) is 30.5 Å². The maximum Gasteiger partial charge on any atom is 0.291 e. The predicted molar refractivity (Wildman–Crippen MR) is 58.1 cm³/mol. The van der Waals surface area contributed by atoms with Crippen molar-refractivity contribution in [1.29, 1.82) is 0 Å². The molecule has 2 aromatic heterocycles. The van der Waals surface area contributed by atoms with E-state index in [-0.39, 0.29) is 11.7 Å². The van der Waals surface area contributed by atoms with Gasteiger partial charge in [-0.1, -0.05) is 0 Å². The van der Waals surface area contributed by atoms with E-state index in [0.717, 1.165) is 18.7 Å². The zero-order chi connectivity index (χ0) is 11.7. The summed E-state index contributed by atoms with van der Waals surface area (Å²) in [6, 6.07) is 0. The van der Waals surface area contributed by atoms with Gasteiger partial charge in [0.15, 0.2) is 0 Å². The van der Waals surface area contributed by atoms with Crippen LogP contribution in [0.15, 0.2) is 12.4 Å². The first-order valence-electron chi connectivity index (χ1n) is 5.51. The van der Waals surface area contributed by atoms with Gasteiger partial charge in [0.1, 0.15) is 11.6 Å². The van der Waals surface area contributed by atoms with Crippen molar-refractivity contribution >= 4 is 5.91 Å². The molecule has 0 spiro atoms. The Morgan fingerprint density at radius 1 is 1.53 bits per heavy atom. The van der Waals surface area contributed by atoms with Crippen LogP contribution in [-0.4, -0.2) is 31.1 Å². The number of hydrogen-bond donors (Lipinski definition) is 3. The van der Waals surface area contributed by atoms with Crippen LogP contribution in [0.25, 0.3) is 0 Å². The first kappa shape index (κ1) is 10.0. The van der Waals surface area contributed by atoms with Crippen LogP contribution in [0, 0.1) is 0 Å². The molecule has 0 radical (unpaired) electrons. The molecule has 0 aromatic carbocycles. The third kappa shape index (κ3) is 2.17. The fraction of sp³-hybridized carbons (Fsp3) is 0.400. The van der Waals surface area contributed by atoms with Crippen molar-refractivity contribution in [3.63, 3.8) is 0 Å². The maximum atomic E-state index is 11.7. The van der Waals surface area contributed by atoms with E-state index < -0.39 is 0 Å². The maximum absolute atomic E-state index is 11.7. The lowest BCUT2D eigenvalue weighted by Gasteiger charge is -1.98. The van der Waals surface area contributed by atoms with E-state index in [1.54, 1.807) is 12.4 Å². The first-order chi connectivity index (χ1) is 8.33. The van der Waals surface area contributed by atoms with E-state index in [0.29, 0.717) is 18.3 Å². The number of H-pyrrole nitrogens is 2. The molecule has 0 unspecified atom stereocenters. The van der Waals surface area contributed by atoms with E-state index in [1.165, 1.54) is 0 Å². The smallest absolute Gasteiger partial charge is 0.291 e. The number of aromatic nitrogens is 5. The summed E-state index contributed by atoms with van der Waals surface area (Å²) in [5.74, 6) is 1.89. The minimum Gasteiger partial charge on any atom is -0.347 e. The molecule has 3 rings (SSSR count). The number of aromatic amines is 2. The molecule has 0 aliphatic heterocycles. The lowest BCUT2D eigenvalue weighted by molar-refractivity contribution is 0.0940. The van der Waals surface area contributed by atoms with Crippen molar-refractivity contribution in [2.45, 2.75) is 25.3 Å². The summed E-state index contributed by atoms with van der Waals surface area (Å²) in [6.07, 6.45) is 5.60. The van der Waals surface area contributed by atoms with Crippen molar-refractivity contribution in [2.24, 2.45) is 0 Å². The van der Waals surface area contributed by atoms with E-state index >= 15 is 0 Å². The van der Waals surface area contributed by atoms with Gasteiger partial charge < -0.3 is 10.3 Å². The van der Waals surface area contributed by atoms with E-state index in [1.807, 2.05) is 0 Å². The van der Waals surface area contributed by atoms with Crippen LogP contribution in [-0.2, 0) is 6.54 Å². The molecule has 7 heteroatoms. The van der Waals surface area contributed by atoms with Crippen LogP contribution >= 0.6 is 0 Å². The fourth-order valence-electron chi connectivity index (χ4n) is 1.55. The van der Waals surface area contributed by atoms with Crippen LogP contribution in [0.2, 0.25) is 0 Å². The standard InChI is InChI=1S/C10H12N6O/c17-10(13-5-7-11-3-4-12-7)9-14-8(15-16-9)6-1-2-6/h3-4,6H,1-2,5H2,(H,11,12)(H,13,17)(H,14,15,16). The topological polar surface area (TPSA) is 99.4 Å². The van der Waals surface area contributed by atoms with Gasteiger partial charge >= 0.3 is 0 Å². The third-order valence-corrected chi connectivity index (χ3v) is 2.64. The highest BCUT2D eigenvalue weighted by Gasteiger charge is 2.28. The SMILES string of the molecule is O=C(NCc1ncc[nH]1)c1n[nH]c(C2CC2)n1. The van der Waals surface area contributed by atoms with Crippen LogP contribution in [0.3, 0.4) is 0 Å². The lowest BCUT2D eigenvalue weighted by Crippen LogP contribution is -2.24. The molecule has 1 aliphatic carbocycles. The summed E-state index contributed by atoms with van der Waals surface area (Å²) in [5, 5.41) is 9.39. The molecule has 2 heterocycles. The molecule has 0 saturated heterocycles. The normalized spacial score (nSPS) is 14.8. The number of hydrogen-bond acceptors (Lipinski definition) is 4. The molecule has 1 aliphatic rings. The molecule has 0 bridgehead atoms. The van der Waals surface area contributed by atoms with Crippen molar-refractivity contribution < 1.29 is 4.79 Å². The molecule has 2 aromatic rings. The molecule has 88 valence electrons. The van der Waals surface area contributed by atoms with Gasteiger partial charge in [-0.3, -0.25) is 9.89 Å². The number of rotatable bonds is 4. The van der Waals surface area contributed by atoms with Gasteiger partial charge in [-0.15, -0.1) is 5.10 Å². The number of amides is 1. The van der Waals surface area contributed by atoms with Crippen molar-refractivity contribution in [3.05, 3.63) is 29.9 Å². The molecule has 0 atom stereocenters. The Labute approximate surface area is 97.1 Å². The summed E-state index contributed by atoms with van der Waals surface area (Å²) in [4.78, 5) is 22.8. The Bertz CT molecular complexity index is 513. The van der Waals surface area contributed by atoms with Gasteiger partial charge in [-0.05, 0) is 12.8 Å². The number of nitrogens with one attached hydrogen (secondary N) is 3. The molecular formula is C10H12N6O. The Morgan fingerprint density at radius 2 is 2.41 bits per heavy atom. The van der Waals surface area contributed by atoms with E-state index in [4.69, 9.17) is 0 Å². The molecule has 1 fully saturated rings. The minimum atomic E-state index is -0.287. The molecule has 1 amide bonds.